The van der Waals surface area contributed by atoms with Crippen molar-refractivity contribution >= 4 is 16.9 Å². The molecule has 1 fully saturated rings. The third-order valence-electron chi connectivity index (χ3n) is 6.42. The van der Waals surface area contributed by atoms with E-state index in [1.165, 1.54) is 0 Å². The molecule has 31 heavy (non-hydrogen) atoms. The number of fused-ring (bicyclic) bond motifs is 2. The number of carbonyl (C=O) groups excluding carboxylic acids is 1. The Labute approximate surface area is 180 Å². The zero-order valence-corrected chi connectivity index (χ0v) is 17.9. The summed E-state index contributed by atoms with van der Waals surface area (Å²) in [6, 6.07) is 10.7. The SMILES string of the molecule is COc1cccc([C@H]2c3c(oc4cc(C)c(C)cc4c3=O)C(=O)N2C[C@@H]2CCCO2)c1. The number of hydrogen-bond donors (Lipinski definition) is 0. The maximum atomic E-state index is 13.6. The van der Waals surface area contributed by atoms with Crippen molar-refractivity contribution in [2.24, 2.45) is 0 Å². The summed E-state index contributed by atoms with van der Waals surface area (Å²) in [7, 11) is 1.60. The van der Waals surface area contributed by atoms with Gasteiger partial charge in [0.05, 0.1) is 30.2 Å². The average Bonchev–Trinajstić information content (AvgIpc) is 3.37. The van der Waals surface area contributed by atoms with Crippen LogP contribution >= 0.6 is 0 Å². The van der Waals surface area contributed by atoms with Crippen LogP contribution in [0.5, 0.6) is 5.75 Å². The molecule has 2 aromatic carbocycles. The van der Waals surface area contributed by atoms with Crippen LogP contribution in [0.3, 0.4) is 0 Å². The Morgan fingerprint density at radius 3 is 2.68 bits per heavy atom. The summed E-state index contributed by atoms with van der Waals surface area (Å²) >= 11 is 0. The van der Waals surface area contributed by atoms with E-state index in [1.54, 1.807) is 12.0 Å². The van der Waals surface area contributed by atoms with E-state index in [-0.39, 0.29) is 23.2 Å². The van der Waals surface area contributed by atoms with Crippen LogP contribution in [0.25, 0.3) is 11.0 Å². The third-order valence-corrected chi connectivity index (χ3v) is 6.42. The maximum absolute atomic E-state index is 13.6. The van der Waals surface area contributed by atoms with Crippen molar-refractivity contribution < 1.29 is 18.7 Å². The van der Waals surface area contributed by atoms with E-state index in [4.69, 9.17) is 13.9 Å². The van der Waals surface area contributed by atoms with Crippen molar-refractivity contribution in [2.45, 2.75) is 38.8 Å². The lowest BCUT2D eigenvalue weighted by Gasteiger charge is -2.27. The van der Waals surface area contributed by atoms with Crippen molar-refractivity contribution in [3.8, 4) is 5.75 Å². The lowest BCUT2D eigenvalue weighted by molar-refractivity contribution is 0.0486. The summed E-state index contributed by atoms with van der Waals surface area (Å²) in [6.07, 6.45) is 1.83. The van der Waals surface area contributed by atoms with E-state index < -0.39 is 6.04 Å². The highest BCUT2D eigenvalue weighted by Crippen LogP contribution is 2.40. The van der Waals surface area contributed by atoms with E-state index in [1.807, 2.05) is 50.2 Å². The van der Waals surface area contributed by atoms with Gasteiger partial charge in [0.2, 0.25) is 5.76 Å². The molecular formula is C25H25NO5. The molecule has 160 valence electrons. The monoisotopic (exact) mass is 419 g/mol. The van der Waals surface area contributed by atoms with Crippen LogP contribution in [0, 0.1) is 13.8 Å². The second-order valence-electron chi connectivity index (χ2n) is 8.38. The summed E-state index contributed by atoms with van der Waals surface area (Å²) in [5, 5.41) is 0.501. The summed E-state index contributed by atoms with van der Waals surface area (Å²) in [4.78, 5) is 28.8. The first kappa shape index (κ1) is 19.8. The van der Waals surface area contributed by atoms with Gasteiger partial charge in [-0.05, 0) is 67.6 Å². The molecule has 2 atom stereocenters. The fourth-order valence-electron chi connectivity index (χ4n) is 4.63. The van der Waals surface area contributed by atoms with Crippen LogP contribution in [0.4, 0.5) is 0 Å². The Morgan fingerprint density at radius 2 is 1.94 bits per heavy atom. The van der Waals surface area contributed by atoms with Crippen LogP contribution in [0.15, 0.2) is 45.6 Å². The molecule has 2 aliphatic heterocycles. The summed E-state index contributed by atoms with van der Waals surface area (Å²) < 4.78 is 17.3. The zero-order valence-electron chi connectivity index (χ0n) is 17.9. The first-order valence-electron chi connectivity index (χ1n) is 10.6. The number of methoxy groups -OCH3 is 1. The Morgan fingerprint density at radius 1 is 1.13 bits per heavy atom. The van der Waals surface area contributed by atoms with Gasteiger partial charge >= 0.3 is 0 Å². The van der Waals surface area contributed by atoms with E-state index in [9.17, 15) is 9.59 Å². The molecule has 6 nitrogen and oxygen atoms in total. The first-order valence-corrected chi connectivity index (χ1v) is 10.6. The quantitative estimate of drug-likeness (QED) is 0.636. The molecule has 2 aliphatic rings. The lowest BCUT2D eigenvalue weighted by Crippen LogP contribution is -2.36. The number of nitrogens with zero attached hydrogens (tertiary/aromatic N) is 1. The third kappa shape index (κ3) is 3.22. The Kier molecular flexibility index (Phi) is 4.82. The van der Waals surface area contributed by atoms with Crippen molar-refractivity contribution in [1.82, 2.24) is 4.90 Å². The van der Waals surface area contributed by atoms with Crippen LogP contribution in [-0.2, 0) is 4.74 Å². The Balaban J connectivity index is 1.72. The average molecular weight is 419 g/mol. The molecule has 0 N–H and O–H groups in total. The molecule has 3 aromatic rings. The van der Waals surface area contributed by atoms with Gasteiger partial charge in [-0.3, -0.25) is 9.59 Å². The molecule has 0 radical (unpaired) electrons. The number of carbonyl (C=O) groups is 1. The highest BCUT2D eigenvalue weighted by Gasteiger charge is 2.44. The molecule has 1 saturated heterocycles. The minimum absolute atomic E-state index is 0.0413. The summed E-state index contributed by atoms with van der Waals surface area (Å²) in [5.41, 5.74) is 3.53. The molecule has 6 heteroatoms. The van der Waals surface area contributed by atoms with Crippen LogP contribution in [0.1, 0.15) is 51.7 Å². The minimum atomic E-state index is -0.538. The number of aryl methyl sites for hydroxylation is 2. The Hall–Kier alpha value is -3.12. The number of amides is 1. The molecule has 0 aliphatic carbocycles. The highest BCUT2D eigenvalue weighted by atomic mass is 16.5. The van der Waals surface area contributed by atoms with Crippen LogP contribution in [0.2, 0.25) is 0 Å². The van der Waals surface area contributed by atoms with Gasteiger partial charge in [-0.25, -0.2) is 0 Å². The number of hydrogen-bond acceptors (Lipinski definition) is 5. The van der Waals surface area contributed by atoms with Gasteiger partial charge in [-0.2, -0.15) is 0 Å². The van der Waals surface area contributed by atoms with Gasteiger partial charge in [0.1, 0.15) is 11.3 Å². The summed E-state index contributed by atoms with van der Waals surface area (Å²) in [5.74, 6) is 0.536. The first-order chi connectivity index (χ1) is 15.0. The fraction of sp³-hybridized carbons (Fsp3) is 0.360. The van der Waals surface area contributed by atoms with Crippen LogP contribution < -0.4 is 10.2 Å². The van der Waals surface area contributed by atoms with E-state index in [2.05, 4.69) is 0 Å². The number of benzene rings is 2. The molecule has 1 amide bonds. The molecule has 3 heterocycles. The summed E-state index contributed by atoms with van der Waals surface area (Å²) in [6.45, 7) is 5.05. The number of ether oxygens (including phenoxy) is 2. The topological polar surface area (TPSA) is 69.0 Å². The Bertz CT molecular complexity index is 1240. The van der Waals surface area contributed by atoms with Crippen molar-refractivity contribution in [1.29, 1.82) is 0 Å². The second-order valence-corrected chi connectivity index (χ2v) is 8.38. The lowest BCUT2D eigenvalue weighted by atomic mass is 9.97. The highest BCUT2D eigenvalue weighted by molar-refractivity contribution is 5.99. The largest absolute Gasteiger partial charge is 0.497 e. The van der Waals surface area contributed by atoms with Gasteiger partial charge in [-0.1, -0.05) is 12.1 Å². The van der Waals surface area contributed by atoms with E-state index in [0.717, 1.165) is 29.5 Å². The molecule has 1 aromatic heterocycles. The fourth-order valence-corrected chi connectivity index (χ4v) is 4.63. The molecule has 0 saturated carbocycles. The van der Waals surface area contributed by atoms with Gasteiger partial charge < -0.3 is 18.8 Å². The minimum Gasteiger partial charge on any atom is -0.497 e. The standard InChI is InChI=1S/C25H25NO5/c1-14-10-19-20(11-15(14)2)31-24-21(23(19)27)22(16-6-4-7-17(12-16)29-3)26(25(24)28)13-18-8-5-9-30-18/h4,6-7,10-12,18,22H,5,8-9,13H2,1-3H3/t18-,22-/m0/s1. The zero-order chi connectivity index (χ0) is 21.7. The predicted octanol–water partition coefficient (Wildman–Crippen LogP) is 4.14. The van der Waals surface area contributed by atoms with Crippen molar-refractivity contribution in [3.05, 3.63) is 74.6 Å². The normalized spacial score (nSPS) is 20.5. The molecule has 0 bridgehead atoms. The molecule has 0 spiro atoms. The smallest absolute Gasteiger partial charge is 0.291 e. The molecule has 5 rings (SSSR count). The predicted molar refractivity (Wildman–Crippen MR) is 117 cm³/mol. The van der Waals surface area contributed by atoms with Gasteiger partial charge in [0, 0.05) is 13.2 Å². The molecular weight excluding hydrogens is 394 g/mol. The van der Waals surface area contributed by atoms with Crippen LogP contribution in [-0.4, -0.2) is 37.2 Å². The van der Waals surface area contributed by atoms with Gasteiger partial charge in [-0.15, -0.1) is 0 Å². The molecule has 0 unspecified atom stereocenters. The van der Waals surface area contributed by atoms with Crippen molar-refractivity contribution in [2.75, 3.05) is 20.3 Å². The second kappa shape index (κ2) is 7.54. The number of rotatable bonds is 4. The van der Waals surface area contributed by atoms with Gasteiger partial charge in [0.15, 0.2) is 5.43 Å². The maximum Gasteiger partial charge on any atom is 0.291 e. The van der Waals surface area contributed by atoms with E-state index in [0.29, 0.717) is 35.4 Å². The van der Waals surface area contributed by atoms with Gasteiger partial charge in [0.25, 0.3) is 5.91 Å². The van der Waals surface area contributed by atoms with Crippen molar-refractivity contribution in [3.63, 3.8) is 0 Å². The van der Waals surface area contributed by atoms with E-state index >= 15 is 0 Å².